The summed E-state index contributed by atoms with van der Waals surface area (Å²) in [4.78, 5) is 11.2. The Balaban J connectivity index is 3.40. The molecule has 0 saturated carbocycles. The van der Waals surface area contributed by atoms with Gasteiger partial charge in [-0.05, 0) is 44.0 Å². The average Bonchev–Trinajstić information content (AvgIpc) is 2.17. The largest absolute Gasteiger partial charge is 0.504 e. The average molecular weight is 224 g/mol. The topological polar surface area (TPSA) is 66.8 Å². The molecule has 0 heterocycles. The highest BCUT2D eigenvalue weighted by Gasteiger charge is 2.31. The van der Waals surface area contributed by atoms with Crippen molar-refractivity contribution in [3.63, 3.8) is 0 Å². The van der Waals surface area contributed by atoms with E-state index in [4.69, 9.17) is 9.84 Å². The second kappa shape index (κ2) is 4.04. The fourth-order valence-electron chi connectivity index (χ4n) is 1.62. The lowest BCUT2D eigenvalue weighted by Gasteiger charge is -2.23. The molecule has 0 aromatic heterocycles. The Morgan fingerprint density at radius 3 is 2.38 bits per heavy atom. The lowest BCUT2D eigenvalue weighted by atomic mass is 9.82. The van der Waals surface area contributed by atoms with Gasteiger partial charge in [0.2, 0.25) is 0 Å². The van der Waals surface area contributed by atoms with Crippen LogP contribution in [0.3, 0.4) is 0 Å². The zero-order valence-electron chi connectivity index (χ0n) is 9.87. The first kappa shape index (κ1) is 12.4. The van der Waals surface area contributed by atoms with Crippen molar-refractivity contribution in [2.24, 2.45) is 0 Å². The van der Waals surface area contributed by atoms with E-state index in [2.05, 4.69) is 0 Å². The van der Waals surface area contributed by atoms with Crippen molar-refractivity contribution in [3.05, 3.63) is 23.3 Å². The molecule has 1 aromatic rings. The molecule has 0 amide bonds. The molecule has 16 heavy (non-hydrogen) atoms. The Labute approximate surface area is 94.5 Å². The Morgan fingerprint density at radius 1 is 1.38 bits per heavy atom. The molecule has 0 bridgehead atoms. The number of hydrogen-bond donors (Lipinski definition) is 2. The highest BCUT2D eigenvalue weighted by atomic mass is 16.5. The van der Waals surface area contributed by atoms with Gasteiger partial charge in [0.05, 0.1) is 12.5 Å². The number of benzene rings is 1. The van der Waals surface area contributed by atoms with E-state index in [1.54, 1.807) is 26.8 Å². The number of aryl methyl sites for hydroxylation is 1. The van der Waals surface area contributed by atoms with E-state index in [0.29, 0.717) is 5.56 Å². The number of methoxy groups -OCH3 is 1. The van der Waals surface area contributed by atoms with Gasteiger partial charge in [-0.25, -0.2) is 0 Å². The number of carbonyl (C=O) groups is 1. The van der Waals surface area contributed by atoms with Crippen molar-refractivity contribution in [1.29, 1.82) is 0 Å². The number of carboxylic acids is 1. The molecule has 4 nitrogen and oxygen atoms in total. The third kappa shape index (κ3) is 1.96. The van der Waals surface area contributed by atoms with Crippen molar-refractivity contribution in [2.45, 2.75) is 26.2 Å². The first-order valence-corrected chi connectivity index (χ1v) is 4.92. The predicted octanol–water partition coefficient (Wildman–Crippen LogP) is 2.07. The van der Waals surface area contributed by atoms with Crippen LogP contribution in [0.4, 0.5) is 0 Å². The van der Waals surface area contributed by atoms with Gasteiger partial charge in [-0.2, -0.15) is 0 Å². The van der Waals surface area contributed by atoms with Gasteiger partial charge in [-0.1, -0.05) is 0 Å². The molecular weight excluding hydrogens is 208 g/mol. The lowest BCUT2D eigenvalue weighted by Crippen LogP contribution is -2.29. The highest BCUT2D eigenvalue weighted by Crippen LogP contribution is 2.35. The predicted molar refractivity (Wildman–Crippen MR) is 60.1 cm³/mol. The zero-order valence-corrected chi connectivity index (χ0v) is 9.87. The maximum atomic E-state index is 11.2. The van der Waals surface area contributed by atoms with Crippen molar-refractivity contribution < 1.29 is 19.7 Å². The van der Waals surface area contributed by atoms with E-state index in [-0.39, 0.29) is 11.5 Å². The summed E-state index contributed by atoms with van der Waals surface area (Å²) in [6, 6.07) is 3.08. The summed E-state index contributed by atoms with van der Waals surface area (Å²) in [5, 5.41) is 18.7. The summed E-state index contributed by atoms with van der Waals surface area (Å²) in [7, 11) is 1.43. The molecule has 0 aliphatic heterocycles. The second-order valence-corrected chi connectivity index (χ2v) is 4.27. The summed E-state index contributed by atoms with van der Waals surface area (Å²) >= 11 is 0. The van der Waals surface area contributed by atoms with Gasteiger partial charge in [-0.3, -0.25) is 4.79 Å². The van der Waals surface area contributed by atoms with E-state index < -0.39 is 11.4 Å². The van der Waals surface area contributed by atoms with Crippen molar-refractivity contribution >= 4 is 5.97 Å². The normalized spacial score (nSPS) is 11.2. The van der Waals surface area contributed by atoms with Gasteiger partial charge in [0.25, 0.3) is 0 Å². The summed E-state index contributed by atoms with van der Waals surface area (Å²) in [6.45, 7) is 5.00. The van der Waals surface area contributed by atoms with Crippen LogP contribution in [0.15, 0.2) is 12.1 Å². The summed E-state index contributed by atoms with van der Waals surface area (Å²) in [6.07, 6.45) is 0. The molecule has 1 rings (SSSR count). The van der Waals surface area contributed by atoms with E-state index in [0.717, 1.165) is 5.56 Å². The van der Waals surface area contributed by atoms with Crippen LogP contribution < -0.4 is 4.74 Å². The van der Waals surface area contributed by atoms with E-state index in [9.17, 15) is 9.90 Å². The number of rotatable bonds is 3. The number of carboxylic acid groups (broad SMARTS) is 1. The molecule has 0 aliphatic rings. The van der Waals surface area contributed by atoms with Gasteiger partial charge in [0.1, 0.15) is 0 Å². The molecule has 1 aromatic carbocycles. The summed E-state index contributed by atoms with van der Waals surface area (Å²) in [5.74, 6) is -0.608. The molecule has 0 unspecified atom stereocenters. The minimum atomic E-state index is -1.01. The zero-order chi connectivity index (χ0) is 12.5. The fraction of sp³-hybridized carbons (Fsp3) is 0.417. The first-order valence-electron chi connectivity index (χ1n) is 4.92. The van der Waals surface area contributed by atoms with Gasteiger partial charge in [0.15, 0.2) is 11.5 Å². The number of phenolic OH excluding ortho intramolecular Hbond substituents is 1. The molecule has 0 fully saturated rings. The number of hydrogen-bond acceptors (Lipinski definition) is 3. The van der Waals surface area contributed by atoms with Crippen molar-refractivity contribution in [1.82, 2.24) is 0 Å². The minimum Gasteiger partial charge on any atom is -0.504 e. The van der Waals surface area contributed by atoms with E-state index >= 15 is 0 Å². The monoisotopic (exact) mass is 224 g/mol. The van der Waals surface area contributed by atoms with Gasteiger partial charge in [-0.15, -0.1) is 0 Å². The van der Waals surface area contributed by atoms with Gasteiger partial charge in [0, 0.05) is 0 Å². The summed E-state index contributed by atoms with van der Waals surface area (Å²) < 4.78 is 4.97. The van der Waals surface area contributed by atoms with Crippen LogP contribution in [0.1, 0.15) is 25.0 Å². The molecule has 0 radical (unpaired) electrons. The number of ether oxygens (including phenoxy) is 1. The quantitative estimate of drug-likeness (QED) is 0.824. The van der Waals surface area contributed by atoms with Crippen LogP contribution in [-0.4, -0.2) is 23.3 Å². The van der Waals surface area contributed by atoms with Crippen LogP contribution in [0.5, 0.6) is 11.5 Å². The Bertz CT molecular complexity index is 421. The van der Waals surface area contributed by atoms with Crippen LogP contribution in [-0.2, 0) is 10.2 Å². The molecule has 4 heteroatoms. The highest BCUT2D eigenvalue weighted by molar-refractivity contribution is 5.81. The Hall–Kier alpha value is -1.71. The van der Waals surface area contributed by atoms with Crippen LogP contribution >= 0.6 is 0 Å². The molecular formula is C12H16O4. The van der Waals surface area contributed by atoms with E-state index in [1.165, 1.54) is 13.2 Å². The molecule has 2 N–H and O–H groups in total. The molecule has 0 atom stereocenters. The van der Waals surface area contributed by atoms with Gasteiger partial charge >= 0.3 is 5.97 Å². The van der Waals surface area contributed by atoms with Crippen LogP contribution in [0.25, 0.3) is 0 Å². The number of aliphatic carboxylic acids is 1. The Kier molecular flexibility index (Phi) is 3.12. The number of aromatic hydroxyl groups is 1. The van der Waals surface area contributed by atoms with Crippen LogP contribution in [0, 0.1) is 6.92 Å². The van der Waals surface area contributed by atoms with Crippen molar-refractivity contribution in [2.75, 3.05) is 7.11 Å². The third-order valence-electron chi connectivity index (χ3n) is 2.73. The molecule has 0 spiro atoms. The first-order chi connectivity index (χ1) is 7.30. The molecule has 0 aliphatic carbocycles. The van der Waals surface area contributed by atoms with Gasteiger partial charge < -0.3 is 14.9 Å². The molecule has 88 valence electrons. The standard InChI is InChI=1S/C12H16O4/c1-7-5-9(13)10(16-4)6-8(7)12(2,3)11(14)15/h5-6,13H,1-4H3,(H,14,15). The maximum absolute atomic E-state index is 11.2. The summed E-state index contributed by atoms with van der Waals surface area (Å²) in [5.41, 5.74) is 0.353. The SMILES string of the molecule is COc1cc(C(C)(C)C(=O)O)c(C)cc1O. The van der Waals surface area contributed by atoms with Crippen molar-refractivity contribution in [3.8, 4) is 11.5 Å². The third-order valence-corrected chi connectivity index (χ3v) is 2.73. The van der Waals surface area contributed by atoms with E-state index in [1.807, 2.05) is 0 Å². The Morgan fingerprint density at radius 2 is 1.94 bits per heavy atom. The minimum absolute atomic E-state index is 0.0185. The van der Waals surface area contributed by atoms with Crippen LogP contribution in [0.2, 0.25) is 0 Å². The fourth-order valence-corrected chi connectivity index (χ4v) is 1.62. The lowest BCUT2D eigenvalue weighted by molar-refractivity contribution is -0.142. The second-order valence-electron chi connectivity index (χ2n) is 4.27. The smallest absolute Gasteiger partial charge is 0.313 e. The maximum Gasteiger partial charge on any atom is 0.313 e. The number of phenols is 1. The molecule has 0 saturated heterocycles.